The van der Waals surface area contributed by atoms with Gasteiger partial charge in [-0.2, -0.15) is 0 Å². The molecule has 1 aromatic rings. The average molecular weight is 275 g/mol. The normalized spacial score (nSPS) is 22.1. The minimum Gasteiger partial charge on any atom is -0.397 e. The Hall–Kier alpha value is -1.45. The third-order valence-corrected chi connectivity index (χ3v) is 5.27. The van der Waals surface area contributed by atoms with Gasteiger partial charge in [-0.3, -0.25) is 4.79 Å². The van der Waals surface area contributed by atoms with Crippen molar-refractivity contribution in [3.63, 3.8) is 0 Å². The number of carbonyl (C=O) groups is 1. The summed E-state index contributed by atoms with van der Waals surface area (Å²) in [5, 5.41) is 0. The highest BCUT2D eigenvalue weighted by Gasteiger charge is 2.37. The second-order valence-electron chi connectivity index (χ2n) is 6.62. The number of rotatable bonds is 1. The van der Waals surface area contributed by atoms with Crippen LogP contribution in [-0.4, -0.2) is 28.5 Å². The van der Waals surface area contributed by atoms with E-state index in [1.54, 1.807) is 12.3 Å². The first-order chi connectivity index (χ1) is 9.60. The number of piperidine rings is 1. The molecule has 1 spiro atoms. The maximum absolute atomic E-state index is 12.6. The van der Waals surface area contributed by atoms with E-state index < -0.39 is 0 Å². The first-order valence-electron chi connectivity index (χ1n) is 7.81. The van der Waals surface area contributed by atoms with E-state index in [9.17, 15) is 4.79 Å². The van der Waals surface area contributed by atoms with Crippen molar-refractivity contribution in [1.82, 2.24) is 9.47 Å². The molecule has 110 valence electrons. The molecule has 0 atom stereocenters. The van der Waals surface area contributed by atoms with Crippen LogP contribution in [0.5, 0.6) is 0 Å². The van der Waals surface area contributed by atoms with Crippen molar-refractivity contribution in [3.05, 3.63) is 18.0 Å². The standard InChI is InChI=1S/C16H25N3O/c1-18-12-13(17)11-14(18)15(20)19-9-7-16(8-10-19)5-3-2-4-6-16/h11-12H,2-10,17H2,1H3. The molecule has 0 radical (unpaired) electrons. The van der Waals surface area contributed by atoms with Crippen LogP contribution in [0.2, 0.25) is 0 Å². The molecule has 0 bridgehead atoms. The minimum absolute atomic E-state index is 0.134. The number of anilines is 1. The van der Waals surface area contributed by atoms with E-state index in [1.807, 2.05) is 16.5 Å². The number of amides is 1. The number of likely N-dealkylation sites (tertiary alicyclic amines) is 1. The number of hydrogen-bond donors (Lipinski definition) is 1. The zero-order chi connectivity index (χ0) is 14.2. The summed E-state index contributed by atoms with van der Waals surface area (Å²) >= 11 is 0. The number of nitrogens with zero attached hydrogens (tertiary/aromatic N) is 2. The third-order valence-electron chi connectivity index (χ3n) is 5.27. The number of aryl methyl sites for hydroxylation is 1. The fourth-order valence-electron chi connectivity index (χ4n) is 3.95. The largest absolute Gasteiger partial charge is 0.397 e. The smallest absolute Gasteiger partial charge is 0.270 e. The number of nitrogens with two attached hydrogens (primary N) is 1. The van der Waals surface area contributed by atoms with Gasteiger partial charge in [0.1, 0.15) is 5.69 Å². The SMILES string of the molecule is Cn1cc(N)cc1C(=O)N1CCC2(CCCCC2)CC1. The molecular formula is C16H25N3O. The molecule has 0 unspecified atom stereocenters. The van der Waals surface area contributed by atoms with Crippen molar-refractivity contribution < 1.29 is 4.79 Å². The summed E-state index contributed by atoms with van der Waals surface area (Å²) < 4.78 is 1.84. The van der Waals surface area contributed by atoms with E-state index in [0.717, 1.165) is 13.1 Å². The van der Waals surface area contributed by atoms with E-state index in [-0.39, 0.29) is 5.91 Å². The van der Waals surface area contributed by atoms with Gasteiger partial charge in [0, 0.05) is 26.3 Å². The summed E-state index contributed by atoms with van der Waals surface area (Å²) in [5.74, 6) is 0.134. The van der Waals surface area contributed by atoms with Crippen LogP contribution in [-0.2, 0) is 7.05 Å². The van der Waals surface area contributed by atoms with Crippen molar-refractivity contribution >= 4 is 11.6 Å². The zero-order valence-corrected chi connectivity index (χ0v) is 12.4. The molecule has 4 heteroatoms. The quantitative estimate of drug-likeness (QED) is 0.857. The van der Waals surface area contributed by atoms with Crippen LogP contribution in [0.25, 0.3) is 0 Å². The molecule has 1 amide bonds. The number of carbonyl (C=O) groups excluding carboxylic acids is 1. The lowest BCUT2D eigenvalue weighted by Crippen LogP contribution is -2.44. The highest BCUT2D eigenvalue weighted by atomic mass is 16.2. The van der Waals surface area contributed by atoms with E-state index in [1.165, 1.54) is 44.9 Å². The van der Waals surface area contributed by atoms with Crippen molar-refractivity contribution in [2.24, 2.45) is 12.5 Å². The maximum Gasteiger partial charge on any atom is 0.270 e. The first kappa shape index (κ1) is 13.5. The molecule has 2 fully saturated rings. The van der Waals surface area contributed by atoms with Gasteiger partial charge in [-0.15, -0.1) is 0 Å². The van der Waals surface area contributed by atoms with Crippen molar-refractivity contribution in [2.75, 3.05) is 18.8 Å². The van der Waals surface area contributed by atoms with Gasteiger partial charge in [0.25, 0.3) is 5.91 Å². The summed E-state index contributed by atoms with van der Waals surface area (Å²) in [6, 6.07) is 1.79. The summed E-state index contributed by atoms with van der Waals surface area (Å²) in [7, 11) is 1.89. The van der Waals surface area contributed by atoms with E-state index >= 15 is 0 Å². The van der Waals surface area contributed by atoms with E-state index in [2.05, 4.69) is 0 Å². The van der Waals surface area contributed by atoms with Crippen LogP contribution < -0.4 is 5.73 Å². The lowest BCUT2D eigenvalue weighted by Gasteiger charge is -2.44. The highest BCUT2D eigenvalue weighted by Crippen LogP contribution is 2.44. The van der Waals surface area contributed by atoms with Gasteiger partial charge in [-0.1, -0.05) is 19.3 Å². The zero-order valence-electron chi connectivity index (χ0n) is 12.4. The molecule has 20 heavy (non-hydrogen) atoms. The Balaban J connectivity index is 1.66. The second kappa shape index (κ2) is 5.15. The molecule has 1 saturated heterocycles. The number of aromatic nitrogens is 1. The Labute approximate surface area is 120 Å². The van der Waals surface area contributed by atoms with Gasteiger partial charge in [-0.25, -0.2) is 0 Å². The van der Waals surface area contributed by atoms with Crippen LogP contribution in [0, 0.1) is 5.41 Å². The molecule has 2 aliphatic rings. The predicted octanol–water partition coefficient (Wildman–Crippen LogP) is 2.79. The van der Waals surface area contributed by atoms with Gasteiger partial charge in [0.2, 0.25) is 0 Å². The van der Waals surface area contributed by atoms with Gasteiger partial charge in [0.15, 0.2) is 0 Å². The summed E-state index contributed by atoms with van der Waals surface area (Å²) in [5.41, 5.74) is 7.68. The summed E-state index contributed by atoms with van der Waals surface area (Å²) in [6.07, 6.45) is 11.0. The van der Waals surface area contributed by atoms with Gasteiger partial charge < -0.3 is 15.2 Å². The Bertz CT molecular complexity index is 490. The predicted molar refractivity (Wildman–Crippen MR) is 80.5 cm³/mol. The Morgan fingerprint density at radius 2 is 1.80 bits per heavy atom. The summed E-state index contributed by atoms with van der Waals surface area (Å²) in [4.78, 5) is 14.6. The number of nitrogen functional groups attached to an aromatic ring is 1. The van der Waals surface area contributed by atoms with Crippen molar-refractivity contribution in [2.45, 2.75) is 44.9 Å². The maximum atomic E-state index is 12.6. The third kappa shape index (κ3) is 2.43. The number of hydrogen-bond acceptors (Lipinski definition) is 2. The molecule has 1 aromatic heterocycles. The topological polar surface area (TPSA) is 51.3 Å². The molecule has 2 heterocycles. The molecular weight excluding hydrogens is 250 g/mol. The monoisotopic (exact) mass is 275 g/mol. The van der Waals surface area contributed by atoms with Crippen LogP contribution in [0.4, 0.5) is 5.69 Å². The molecule has 2 N–H and O–H groups in total. The fraction of sp³-hybridized carbons (Fsp3) is 0.688. The first-order valence-corrected chi connectivity index (χ1v) is 7.81. The molecule has 3 rings (SSSR count). The highest BCUT2D eigenvalue weighted by molar-refractivity contribution is 5.93. The molecule has 4 nitrogen and oxygen atoms in total. The molecule has 1 aliphatic heterocycles. The van der Waals surface area contributed by atoms with Gasteiger partial charge in [0.05, 0.1) is 5.69 Å². The molecule has 1 saturated carbocycles. The molecule has 0 aromatic carbocycles. The Kier molecular flexibility index (Phi) is 3.48. The lowest BCUT2D eigenvalue weighted by atomic mass is 9.68. The van der Waals surface area contributed by atoms with Crippen LogP contribution in [0.1, 0.15) is 55.4 Å². The van der Waals surface area contributed by atoms with Crippen molar-refractivity contribution in [1.29, 1.82) is 0 Å². The Morgan fingerprint density at radius 1 is 1.15 bits per heavy atom. The lowest BCUT2D eigenvalue weighted by molar-refractivity contribution is 0.0464. The summed E-state index contributed by atoms with van der Waals surface area (Å²) in [6.45, 7) is 1.81. The second-order valence-corrected chi connectivity index (χ2v) is 6.62. The van der Waals surface area contributed by atoms with Crippen LogP contribution in [0.3, 0.4) is 0 Å². The van der Waals surface area contributed by atoms with Gasteiger partial charge >= 0.3 is 0 Å². The Morgan fingerprint density at radius 3 is 2.35 bits per heavy atom. The van der Waals surface area contributed by atoms with E-state index in [0.29, 0.717) is 16.8 Å². The minimum atomic E-state index is 0.134. The van der Waals surface area contributed by atoms with Crippen molar-refractivity contribution in [3.8, 4) is 0 Å². The van der Waals surface area contributed by atoms with Crippen LogP contribution in [0.15, 0.2) is 12.3 Å². The van der Waals surface area contributed by atoms with Gasteiger partial charge in [-0.05, 0) is 37.2 Å². The average Bonchev–Trinajstić information content (AvgIpc) is 2.79. The fourth-order valence-corrected chi connectivity index (χ4v) is 3.95. The van der Waals surface area contributed by atoms with E-state index in [4.69, 9.17) is 5.73 Å². The van der Waals surface area contributed by atoms with Crippen LogP contribution >= 0.6 is 0 Å². The molecule has 1 aliphatic carbocycles.